The van der Waals surface area contributed by atoms with E-state index in [9.17, 15) is 0 Å². The first kappa shape index (κ1) is 13.5. The first-order valence-corrected chi connectivity index (χ1v) is 8.66. The van der Waals surface area contributed by atoms with Gasteiger partial charge in [0, 0.05) is 24.6 Å². The van der Waals surface area contributed by atoms with Crippen molar-refractivity contribution < 1.29 is 0 Å². The van der Waals surface area contributed by atoms with E-state index in [1.807, 2.05) is 0 Å². The molecule has 0 radical (unpaired) electrons. The van der Waals surface area contributed by atoms with Gasteiger partial charge in [-0.25, -0.2) is 0 Å². The van der Waals surface area contributed by atoms with Crippen molar-refractivity contribution in [1.82, 2.24) is 0 Å². The van der Waals surface area contributed by atoms with Crippen molar-refractivity contribution >= 4 is 21.6 Å². The molecule has 2 aliphatic carbocycles. The highest BCUT2D eigenvalue weighted by Crippen LogP contribution is 2.48. The molecule has 2 bridgehead atoms. The van der Waals surface area contributed by atoms with Crippen LogP contribution >= 0.6 is 15.9 Å². The Morgan fingerprint density at radius 3 is 2.74 bits per heavy atom. The lowest BCUT2D eigenvalue weighted by Crippen LogP contribution is -2.29. The summed E-state index contributed by atoms with van der Waals surface area (Å²) in [5, 5.41) is 0.949. The SMILES string of the molecule is Cc1ccc(N(C)CC2CC3CCC2C3)c(CBr)c1. The second-order valence-electron chi connectivity index (χ2n) is 6.58. The van der Waals surface area contributed by atoms with Gasteiger partial charge in [-0.15, -0.1) is 0 Å². The van der Waals surface area contributed by atoms with E-state index in [4.69, 9.17) is 0 Å². The number of benzene rings is 1. The van der Waals surface area contributed by atoms with Crippen molar-refractivity contribution in [3.63, 3.8) is 0 Å². The average Bonchev–Trinajstić information content (AvgIpc) is 3.00. The standard InChI is InChI=1S/C17H24BrN/c1-12-3-6-17(15(7-12)10-18)19(2)11-16-9-13-4-5-14(16)8-13/h3,6-7,13-14,16H,4-5,8-11H2,1-2H3. The zero-order valence-electron chi connectivity index (χ0n) is 12.0. The Hall–Kier alpha value is -0.500. The minimum Gasteiger partial charge on any atom is -0.374 e. The summed E-state index contributed by atoms with van der Waals surface area (Å²) in [6.07, 6.45) is 5.98. The van der Waals surface area contributed by atoms with Crippen LogP contribution in [0.25, 0.3) is 0 Å². The minimum atomic E-state index is 0.938. The fourth-order valence-corrected chi connectivity index (χ4v) is 4.69. The van der Waals surface area contributed by atoms with Gasteiger partial charge in [-0.1, -0.05) is 40.0 Å². The number of halogens is 1. The van der Waals surface area contributed by atoms with E-state index in [0.717, 1.165) is 23.1 Å². The Morgan fingerprint density at radius 1 is 1.26 bits per heavy atom. The van der Waals surface area contributed by atoms with Gasteiger partial charge in [-0.05, 0) is 55.6 Å². The van der Waals surface area contributed by atoms with Gasteiger partial charge in [0.1, 0.15) is 0 Å². The largest absolute Gasteiger partial charge is 0.374 e. The first-order chi connectivity index (χ1) is 9.17. The summed E-state index contributed by atoms with van der Waals surface area (Å²) in [6.45, 7) is 3.41. The number of nitrogens with zero attached hydrogens (tertiary/aromatic N) is 1. The number of hydrogen-bond acceptors (Lipinski definition) is 1. The number of alkyl halides is 1. The molecule has 3 atom stereocenters. The average molecular weight is 322 g/mol. The number of rotatable bonds is 4. The van der Waals surface area contributed by atoms with Gasteiger partial charge < -0.3 is 4.90 Å². The summed E-state index contributed by atoms with van der Waals surface area (Å²) in [6, 6.07) is 6.83. The third-order valence-corrected chi connectivity index (χ3v) is 5.79. The van der Waals surface area contributed by atoms with Gasteiger partial charge in [0.25, 0.3) is 0 Å². The van der Waals surface area contributed by atoms with E-state index < -0.39 is 0 Å². The number of anilines is 1. The molecule has 19 heavy (non-hydrogen) atoms. The summed E-state index contributed by atoms with van der Waals surface area (Å²) < 4.78 is 0. The molecule has 1 aromatic rings. The highest BCUT2D eigenvalue weighted by Gasteiger charge is 2.39. The number of aryl methyl sites for hydroxylation is 1. The number of fused-ring (bicyclic) bond motifs is 2. The highest BCUT2D eigenvalue weighted by atomic mass is 79.9. The Bertz CT molecular complexity index is 457. The lowest BCUT2D eigenvalue weighted by molar-refractivity contribution is 0.337. The third-order valence-electron chi connectivity index (χ3n) is 5.18. The predicted octanol–water partition coefficient (Wildman–Crippen LogP) is 4.76. The predicted molar refractivity (Wildman–Crippen MR) is 86.0 cm³/mol. The Kier molecular flexibility index (Phi) is 3.88. The normalized spacial score (nSPS) is 28.9. The van der Waals surface area contributed by atoms with Crippen LogP contribution < -0.4 is 4.90 Å². The molecule has 3 unspecified atom stereocenters. The molecule has 0 aromatic heterocycles. The van der Waals surface area contributed by atoms with E-state index in [1.165, 1.54) is 49.0 Å². The molecule has 2 fully saturated rings. The van der Waals surface area contributed by atoms with Crippen LogP contribution in [0.2, 0.25) is 0 Å². The second kappa shape index (κ2) is 5.47. The van der Waals surface area contributed by atoms with E-state index in [2.05, 4.69) is 53.0 Å². The van der Waals surface area contributed by atoms with E-state index in [1.54, 1.807) is 0 Å². The van der Waals surface area contributed by atoms with E-state index in [-0.39, 0.29) is 0 Å². The lowest BCUT2D eigenvalue weighted by atomic mass is 9.88. The van der Waals surface area contributed by atoms with Gasteiger partial charge >= 0.3 is 0 Å². The van der Waals surface area contributed by atoms with Crippen LogP contribution in [0.4, 0.5) is 5.69 Å². The molecule has 2 saturated carbocycles. The van der Waals surface area contributed by atoms with Crippen LogP contribution in [-0.2, 0) is 5.33 Å². The van der Waals surface area contributed by atoms with Crippen molar-refractivity contribution in [3.8, 4) is 0 Å². The van der Waals surface area contributed by atoms with Crippen LogP contribution in [0.15, 0.2) is 18.2 Å². The fraction of sp³-hybridized carbons (Fsp3) is 0.647. The molecule has 1 aromatic carbocycles. The Morgan fingerprint density at radius 2 is 2.11 bits per heavy atom. The molecule has 104 valence electrons. The summed E-state index contributed by atoms with van der Waals surface area (Å²) in [5.74, 6) is 3.01. The van der Waals surface area contributed by atoms with Crippen molar-refractivity contribution in [2.75, 3.05) is 18.5 Å². The van der Waals surface area contributed by atoms with E-state index in [0.29, 0.717) is 0 Å². The quantitative estimate of drug-likeness (QED) is 0.722. The smallest absolute Gasteiger partial charge is 0.0405 e. The van der Waals surface area contributed by atoms with Gasteiger partial charge in [-0.3, -0.25) is 0 Å². The van der Waals surface area contributed by atoms with Gasteiger partial charge in [0.05, 0.1) is 0 Å². The van der Waals surface area contributed by atoms with Crippen molar-refractivity contribution in [2.24, 2.45) is 17.8 Å². The maximum atomic E-state index is 3.63. The molecule has 0 aliphatic heterocycles. The fourth-order valence-electron chi connectivity index (χ4n) is 4.24. The van der Waals surface area contributed by atoms with Crippen LogP contribution in [-0.4, -0.2) is 13.6 Å². The monoisotopic (exact) mass is 321 g/mol. The summed E-state index contributed by atoms with van der Waals surface area (Å²) in [7, 11) is 2.27. The Balaban J connectivity index is 1.71. The molecule has 0 heterocycles. The summed E-state index contributed by atoms with van der Waals surface area (Å²) >= 11 is 3.63. The number of hydrogen-bond donors (Lipinski definition) is 0. The maximum absolute atomic E-state index is 3.63. The molecule has 2 heteroatoms. The Labute approximate surface area is 125 Å². The van der Waals surface area contributed by atoms with Crippen molar-refractivity contribution in [1.29, 1.82) is 0 Å². The molecular formula is C17H24BrN. The molecule has 0 saturated heterocycles. The molecule has 0 spiro atoms. The second-order valence-corrected chi connectivity index (χ2v) is 7.14. The van der Waals surface area contributed by atoms with Gasteiger partial charge in [0.15, 0.2) is 0 Å². The van der Waals surface area contributed by atoms with Crippen LogP contribution in [0.5, 0.6) is 0 Å². The zero-order valence-corrected chi connectivity index (χ0v) is 13.6. The van der Waals surface area contributed by atoms with Crippen molar-refractivity contribution in [3.05, 3.63) is 29.3 Å². The minimum absolute atomic E-state index is 0.938. The van der Waals surface area contributed by atoms with Crippen LogP contribution in [0, 0.1) is 24.7 Å². The topological polar surface area (TPSA) is 3.24 Å². The summed E-state index contributed by atoms with van der Waals surface area (Å²) in [4.78, 5) is 2.49. The first-order valence-electron chi connectivity index (χ1n) is 7.54. The van der Waals surface area contributed by atoms with Gasteiger partial charge in [0.2, 0.25) is 0 Å². The van der Waals surface area contributed by atoms with Gasteiger partial charge in [-0.2, -0.15) is 0 Å². The highest BCUT2D eigenvalue weighted by molar-refractivity contribution is 9.08. The van der Waals surface area contributed by atoms with E-state index >= 15 is 0 Å². The molecule has 1 nitrogen and oxygen atoms in total. The van der Waals surface area contributed by atoms with Crippen molar-refractivity contribution in [2.45, 2.75) is 37.9 Å². The van der Waals surface area contributed by atoms with Crippen LogP contribution in [0.1, 0.15) is 36.8 Å². The molecule has 0 amide bonds. The molecule has 0 N–H and O–H groups in total. The molecule has 3 rings (SSSR count). The summed E-state index contributed by atoms with van der Waals surface area (Å²) in [5.41, 5.74) is 4.18. The maximum Gasteiger partial charge on any atom is 0.0405 e. The van der Waals surface area contributed by atoms with Crippen LogP contribution in [0.3, 0.4) is 0 Å². The molecule has 2 aliphatic rings. The third kappa shape index (κ3) is 2.69. The lowest BCUT2D eigenvalue weighted by Gasteiger charge is -2.30. The molecular weight excluding hydrogens is 298 g/mol. The zero-order chi connectivity index (χ0) is 13.4.